The van der Waals surface area contributed by atoms with Crippen molar-refractivity contribution in [3.63, 3.8) is 0 Å². The van der Waals surface area contributed by atoms with E-state index in [1.165, 1.54) is 36.0 Å². The maximum atomic E-state index is 15.4. The predicted octanol–water partition coefficient (Wildman–Crippen LogP) is 5.06. The molecule has 184 valence electrons. The van der Waals surface area contributed by atoms with E-state index < -0.39 is 38.2 Å². The first-order valence-corrected chi connectivity index (χ1v) is 13.8. The lowest BCUT2D eigenvalue weighted by Gasteiger charge is -2.50. The Morgan fingerprint density at radius 3 is 2.54 bits per heavy atom. The number of nitrogens with zero attached hydrogens (tertiary/aromatic N) is 2. The monoisotopic (exact) mass is 538 g/mol. The van der Waals surface area contributed by atoms with Gasteiger partial charge in [-0.1, -0.05) is 23.4 Å². The van der Waals surface area contributed by atoms with Gasteiger partial charge in [-0.05, 0) is 55.3 Å². The van der Waals surface area contributed by atoms with E-state index in [1.807, 2.05) is 0 Å². The van der Waals surface area contributed by atoms with E-state index in [1.54, 1.807) is 18.5 Å². The second-order valence-corrected chi connectivity index (χ2v) is 12.0. The van der Waals surface area contributed by atoms with Crippen molar-refractivity contribution >= 4 is 33.2 Å². The van der Waals surface area contributed by atoms with Gasteiger partial charge < -0.3 is 9.47 Å². The van der Waals surface area contributed by atoms with Crippen molar-refractivity contribution < 1.29 is 26.7 Å². The highest BCUT2D eigenvalue weighted by Gasteiger charge is 2.61. The molecule has 5 rings (SSSR count). The lowest BCUT2D eigenvalue weighted by Crippen LogP contribution is -2.57. The van der Waals surface area contributed by atoms with Gasteiger partial charge in [0, 0.05) is 35.7 Å². The van der Waals surface area contributed by atoms with Crippen molar-refractivity contribution in [3.05, 3.63) is 77.1 Å². The van der Waals surface area contributed by atoms with E-state index in [-0.39, 0.29) is 35.8 Å². The molecule has 0 aliphatic carbocycles. The lowest BCUT2D eigenvalue weighted by atomic mass is 9.75. The van der Waals surface area contributed by atoms with E-state index in [4.69, 9.17) is 21.1 Å². The van der Waals surface area contributed by atoms with Crippen molar-refractivity contribution in [2.24, 2.45) is 5.92 Å². The minimum Gasteiger partial charge on any atom is -0.490 e. The topological polar surface area (TPSA) is 78.4 Å². The van der Waals surface area contributed by atoms with Gasteiger partial charge in [0.2, 0.25) is 0 Å². The number of hydrogen-bond acceptors (Lipinski definition) is 7. The van der Waals surface area contributed by atoms with Crippen molar-refractivity contribution in [3.8, 4) is 5.75 Å². The quantitative estimate of drug-likeness (QED) is 0.321. The summed E-state index contributed by atoms with van der Waals surface area (Å²) in [6, 6.07) is 9.34. The predicted molar refractivity (Wildman–Crippen MR) is 127 cm³/mol. The standard InChI is InChI=1S/C24H21ClF2N2O4S2/c25-15-2-4-16(5-3-15)35(30,31)24-9-12-32-20(8-13-34-23-28-10-1-11-29-23)17(24)14-33-22-19(27)7-6-18(26)21(22)24/h1-7,10-11,17,20H,8-9,12-14H2. The van der Waals surface area contributed by atoms with Crippen molar-refractivity contribution in [1.29, 1.82) is 0 Å². The molecule has 2 aliphatic heterocycles. The Bertz CT molecular complexity index is 1330. The first kappa shape index (κ1) is 24.4. The van der Waals surface area contributed by atoms with E-state index in [2.05, 4.69) is 9.97 Å². The fraction of sp³-hybridized carbons (Fsp3) is 0.333. The van der Waals surface area contributed by atoms with Crippen LogP contribution in [0, 0.1) is 17.6 Å². The van der Waals surface area contributed by atoms with E-state index in [9.17, 15) is 12.8 Å². The number of rotatable bonds is 6. The molecule has 0 N–H and O–H groups in total. The van der Waals surface area contributed by atoms with Crippen LogP contribution in [0.5, 0.6) is 5.75 Å². The molecule has 0 radical (unpaired) electrons. The average Bonchev–Trinajstić information content (AvgIpc) is 2.86. The van der Waals surface area contributed by atoms with Gasteiger partial charge in [0.15, 0.2) is 26.6 Å². The van der Waals surface area contributed by atoms with Crippen LogP contribution >= 0.6 is 23.4 Å². The summed E-state index contributed by atoms with van der Waals surface area (Å²) in [6.07, 6.45) is 3.11. The van der Waals surface area contributed by atoms with Crippen LogP contribution in [0.3, 0.4) is 0 Å². The minimum absolute atomic E-state index is 0.0175. The summed E-state index contributed by atoms with van der Waals surface area (Å²) in [6.45, 7) is -0.0623. The molecule has 3 heterocycles. The molecule has 3 aromatic rings. The Morgan fingerprint density at radius 1 is 1.09 bits per heavy atom. The summed E-state index contributed by atoms with van der Waals surface area (Å²) >= 11 is 7.39. The van der Waals surface area contributed by atoms with Gasteiger partial charge in [-0.3, -0.25) is 0 Å². The molecule has 3 atom stereocenters. The van der Waals surface area contributed by atoms with Gasteiger partial charge in [0.05, 0.1) is 23.2 Å². The van der Waals surface area contributed by atoms with Crippen LogP contribution in [-0.2, 0) is 19.3 Å². The normalized spacial score (nSPS) is 23.7. The third kappa shape index (κ3) is 4.20. The third-order valence-corrected chi connectivity index (χ3v) is 10.2. The van der Waals surface area contributed by atoms with Crippen molar-refractivity contribution in [2.75, 3.05) is 19.0 Å². The largest absolute Gasteiger partial charge is 0.490 e. The molecular weight excluding hydrogens is 518 g/mol. The summed E-state index contributed by atoms with van der Waals surface area (Å²) in [7, 11) is -4.22. The van der Waals surface area contributed by atoms with Gasteiger partial charge in [-0.15, -0.1) is 0 Å². The van der Waals surface area contributed by atoms with Crippen LogP contribution in [0.1, 0.15) is 18.4 Å². The van der Waals surface area contributed by atoms with Crippen LogP contribution in [-0.4, -0.2) is 43.5 Å². The summed E-state index contributed by atoms with van der Waals surface area (Å²) in [5, 5.41) is 0.953. The second-order valence-electron chi connectivity index (χ2n) is 8.33. The van der Waals surface area contributed by atoms with Gasteiger partial charge in [0.25, 0.3) is 0 Å². The Morgan fingerprint density at radius 2 is 1.80 bits per heavy atom. The van der Waals surface area contributed by atoms with Crippen LogP contribution < -0.4 is 4.74 Å². The highest BCUT2D eigenvalue weighted by atomic mass is 35.5. The Hall–Kier alpha value is -2.27. The molecule has 0 bridgehead atoms. The van der Waals surface area contributed by atoms with Gasteiger partial charge in [-0.2, -0.15) is 0 Å². The molecule has 3 unspecified atom stereocenters. The SMILES string of the molecule is O=S(=O)(c1ccc(Cl)cc1)C12CCOC(CCSc3ncccn3)C1COc1c(F)ccc(F)c12. The summed E-state index contributed by atoms with van der Waals surface area (Å²) in [4.78, 5) is 8.35. The lowest BCUT2D eigenvalue weighted by molar-refractivity contribution is -0.0731. The number of ether oxygens (including phenoxy) is 2. The first-order valence-electron chi connectivity index (χ1n) is 11.0. The molecule has 35 heavy (non-hydrogen) atoms. The number of hydrogen-bond donors (Lipinski definition) is 0. The Kier molecular flexibility index (Phi) is 6.73. The van der Waals surface area contributed by atoms with Gasteiger partial charge in [0.1, 0.15) is 10.6 Å². The van der Waals surface area contributed by atoms with Gasteiger partial charge in [-0.25, -0.2) is 27.2 Å². The first-order chi connectivity index (χ1) is 16.8. The number of halogens is 3. The van der Waals surface area contributed by atoms with E-state index in [0.29, 0.717) is 22.4 Å². The minimum atomic E-state index is -4.22. The van der Waals surface area contributed by atoms with E-state index in [0.717, 1.165) is 12.1 Å². The maximum absolute atomic E-state index is 15.4. The highest BCUT2D eigenvalue weighted by molar-refractivity contribution is 7.99. The van der Waals surface area contributed by atoms with Crippen LogP contribution in [0.4, 0.5) is 8.78 Å². The fourth-order valence-electron chi connectivity index (χ4n) is 4.96. The number of fused-ring (bicyclic) bond motifs is 3. The molecule has 6 nitrogen and oxygen atoms in total. The number of aromatic nitrogens is 2. The average molecular weight is 539 g/mol. The molecule has 11 heteroatoms. The zero-order chi connectivity index (χ0) is 24.6. The Labute approximate surface area is 211 Å². The number of sulfone groups is 1. The molecule has 1 saturated heterocycles. The molecule has 0 amide bonds. The molecular formula is C24H21ClF2N2O4S2. The van der Waals surface area contributed by atoms with Crippen molar-refractivity contribution in [2.45, 2.75) is 33.7 Å². The maximum Gasteiger partial charge on any atom is 0.189 e. The zero-order valence-corrected chi connectivity index (χ0v) is 20.8. The number of benzene rings is 2. The van der Waals surface area contributed by atoms with Crippen molar-refractivity contribution in [1.82, 2.24) is 9.97 Å². The summed E-state index contributed by atoms with van der Waals surface area (Å²) < 4.78 is 68.6. The molecule has 1 fully saturated rings. The smallest absolute Gasteiger partial charge is 0.189 e. The third-order valence-electron chi connectivity index (χ3n) is 6.52. The molecule has 0 saturated carbocycles. The van der Waals surface area contributed by atoms with Crippen LogP contribution in [0.25, 0.3) is 0 Å². The Balaban J connectivity index is 1.58. The van der Waals surface area contributed by atoms with Crippen LogP contribution in [0.15, 0.2) is 64.9 Å². The zero-order valence-electron chi connectivity index (χ0n) is 18.4. The molecule has 0 spiro atoms. The van der Waals surface area contributed by atoms with Crippen LogP contribution in [0.2, 0.25) is 5.02 Å². The molecule has 2 aliphatic rings. The number of thioether (sulfide) groups is 1. The fourth-order valence-corrected chi connectivity index (χ4v) is 8.23. The molecule has 2 aromatic carbocycles. The second kappa shape index (κ2) is 9.65. The van der Waals surface area contributed by atoms with E-state index >= 15 is 4.39 Å². The summed E-state index contributed by atoms with van der Waals surface area (Å²) in [5.41, 5.74) is -0.268. The highest BCUT2D eigenvalue weighted by Crippen LogP contribution is 2.56. The molecule has 1 aromatic heterocycles. The van der Waals surface area contributed by atoms with Gasteiger partial charge >= 0.3 is 0 Å². The summed E-state index contributed by atoms with van der Waals surface area (Å²) in [5.74, 6) is -2.20.